The molecule has 0 atom stereocenters. The van der Waals surface area contributed by atoms with Crippen LogP contribution in [-0.2, 0) is 23.1 Å². The monoisotopic (exact) mass is 287 g/mol. The summed E-state index contributed by atoms with van der Waals surface area (Å²) in [6.07, 6.45) is 2.97. The van der Waals surface area contributed by atoms with Crippen molar-refractivity contribution in [2.45, 2.75) is 13.1 Å². The van der Waals surface area contributed by atoms with E-state index in [9.17, 15) is 8.42 Å². The first-order valence-corrected chi connectivity index (χ1v) is 8.23. The molecular weight excluding hydrogens is 266 g/mol. The van der Waals surface area contributed by atoms with E-state index in [0.29, 0.717) is 13.1 Å². The fourth-order valence-corrected chi connectivity index (χ4v) is 3.10. The van der Waals surface area contributed by atoms with Crippen molar-refractivity contribution < 1.29 is 12.8 Å². The minimum Gasteiger partial charge on any atom is -0.468 e. The highest BCUT2D eigenvalue weighted by Crippen LogP contribution is 2.15. The number of hydrogen-bond donors (Lipinski definition) is 1. The zero-order chi connectivity index (χ0) is 13.9. The second kappa shape index (κ2) is 6.04. The van der Waals surface area contributed by atoms with Gasteiger partial charge in [0.25, 0.3) is 0 Å². The normalized spacial score (nSPS) is 18.8. The molecule has 2 rings (SSSR count). The molecule has 1 N–H and O–H groups in total. The van der Waals surface area contributed by atoms with Gasteiger partial charge in [-0.1, -0.05) is 0 Å². The lowest BCUT2D eigenvalue weighted by Gasteiger charge is -2.32. The lowest BCUT2D eigenvalue weighted by Crippen LogP contribution is -2.47. The fourth-order valence-electron chi connectivity index (χ4n) is 2.28. The maximum Gasteiger partial charge on any atom is 0.211 e. The topological polar surface area (TPSA) is 65.8 Å². The first kappa shape index (κ1) is 14.5. The van der Waals surface area contributed by atoms with Crippen molar-refractivity contribution in [2.24, 2.45) is 0 Å². The summed E-state index contributed by atoms with van der Waals surface area (Å²) in [5.74, 6) is 0.960. The predicted octanol–water partition coefficient (Wildman–Crippen LogP) is 0.0762. The van der Waals surface area contributed by atoms with Crippen LogP contribution in [-0.4, -0.2) is 57.1 Å². The third kappa shape index (κ3) is 3.79. The Morgan fingerprint density at radius 2 is 2.00 bits per heavy atom. The molecule has 2 heterocycles. The summed E-state index contributed by atoms with van der Waals surface area (Å²) < 4.78 is 29.9. The van der Waals surface area contributed by atoms with Crippen LogP contribution in [0.1, 0.15) is 11.3 Å². The SMILES string of the molecule is CNCc1ccoc1CN1CCN(S(C)(=O)=O)CC1. The molecule has 6 nitrogen and oxygen atoms in total. The van der Waals surface area contributed by atoms with E-state index in [-0.39, 0.29) is 0 Å². The van der Waals surface area contributed by atoms with E-state index in [1.807, 2.05) is 13.1 Å². The van der Waals surface area contributed by atoms with Gasteiger partial charge in [0.1, 0.15) is 5.76 Å². The highest BCUT2D eigenvalue weighted by atomic mass is 32.2. The molecule has 19 heavy (non-hydrogen) atoms. The summed E-state index contributed by atoms with van der Waals surface area (Å²) in [6.45, 7) is 4.12. The van der Waals surface area contributed by atoms with Crippen LogP contribution in [0.5, 0.6) is 0 Å². The highest BCUT2D eigenvalue weighted by Gasteiger charge is 2.24. The van der Waals surface area contributed by atoms with E-state index in [1.54, 1.807) is 6.26 Å². The van der Waals surface area contributed by atoms with E-state index < -0.39 is 10.0 Å². The number of piperazine rings is 1. The number of sulfonamides is 1. The summed E-state index contributed by atoms with van der Waals surface area (Å²) in [4.78, 5) is 2.22. The number of hydrogen-bond acceptors (Lipinski definition) is 5. The quantitative estimate of drug-likeness (QED) is 0.830. The van der Waals surface area contributed by atoms with Crippen LogP contribution >= 0.6 is 0 Å². The van der Waals surface area contributed by atoms with E-state index in [2.05, 4.69) is 10.2 Å². The van der Waals surface area contributed by atoms with Gasteiger partial charge in [-0.2, -0.15) is 4.31 Å². The molecule has 1 aromatic heterocycles. The number of nitrogens with zero attached hydrogens (tertiary/aromatic N) is 2. The molecule has 0 aliphatic carbocycles. The number of rotatable bonds is 5. The Kier molecular flexibility index (Phi) is 4.62. The number of nitrogens with one attached hydrogen (secondary N) is 1. The van der Waals surface area contributed by atoms with Crippen molar-refractivity contribution in [1.82, 2.24) is 14.5 Å². The van der Waals surface area contributed by atoms with E-state index >= 15 is 0 Å². The van der Waals surface area contributed by atoms with E-state index in [0.717, 1.165) is 37.5 Å². The van der Waals surface area contributed by atoms with Crippen LogP contribution in [0.2, 0.25) is 0 Å². The molecule has 0 aromatic carbocycles. The Balaban J connectivity index is 1.90. The smallest absolute Gasteiger partial charge is 0.211 e. The maximum absolute atomic E-state index is 11.4. The minimum absolute atomic E-state index is 0.556. The van der Waals surface area contributed by atoms with Crippen LogP contribution in [0.3, 0.4) is 0 Å². The fraction of sp³-hybridized carbons (Fsp3) is 0.667. The van der Waals surface area contributed by atoms with Gasteiger partial charge in [0.2, 0.25) is 10.0 Å². The highest BCUT2D eigenvalue weighted by molar-refractivity contribution is 7.88. The van der Waals surface area contributed by atoms with Crippen molar-refractivity contribution in [3.8, 4) is 0 Å². The van der Waals surface area contributed by atoms with Gasteiger partial charge >= 0.3 is 0 Å². The van der Waals surface area contributed by atoms with Gasteiger partial charge in [-0.15, -0.1) is 0 Å². The van der Waals surface area contributed by atoms with E-state index in [4.69, 9.17) is 4.42 Å². The van der Waals surface area contributed by atoms with Crippen molar-refractivity contribution >= 4 is 10.0 Å². The van der Waals surface area contributed by atoms with Gasteiger partial charge in [0.05, 0.1) is 19.1 Å². The second-order valence-electron chi connectivity index (χ2n) is 4.84. The van der Waals surface area contributed by atoms with Crippen molar-refractivity contribution in [1.29, 1.82) is 0 Å². The third-order valence-corrected chi connectivity index (χ3v) is 4.68. The van der Waals surface area contributed by atoms with Gasteiger partial charge in [0.15, 0.2) is 0 Å². The molecule has 1 saturated heterocycles. The summed E-state index contributed by atoms with van der Waals surface area (Å²) in [5, 5.41) is 3.11. The Hall–Kier alpha value is -0.890. The summed E-state index contributed by atoms with van der Waals surface area (Å²) >= 11 is 0. The van der Waals surface area contributed by atoms with Crippen LogP contribution in [0.25, 0.3) is 0 Å². The summed E-state index contributed by atoms with van der Waals surface area (Å²) in [7, 11) is -1.15. The average molecular weight is 287 g/mol. The zero-order valence-electron chi connectivity index (χ0n) is 11.4. The lowest BCUT2D eigenvalue weighted by molar-refractivity contribution is 0.171. The van der Waals surface area contributed by atoms with Crippen LogP contribution in [0, 0.1) is 0 Å². The maximum atomic E-state index is 11.4. The van der Waals surface area contributed by atoms with Crippen molar-refractivity contribution in [3.05, 3.63) is 23.7 Å². The Morgan fingerprint density at radius 3 is 2.58 bits per heavy atom. The molecule has 1 aliphatic heterocycles. The summed E-state index contributed by atoms with van der Waals surface area (Å²) in [6, 6.07) is 1.97. The molecule has 1 fully saturated rings. The third-order valence-electron chi connectivity index (χ3n) is 3.37. The molecule has 0 radical (unpaired) electrons. The predicted molar refractivity (Wildman–Crippen MR) is 73.2 cm³/mol. The standard InChI is InChI=1S/C12H21N3O3S/c1-13-9-11-3-8-18-12(11)10-14-4-6-15(7-5-14)19(2,16)17/h3,8,13H,4-7,9-10H2,1-2H3. The summed E-state index contributed by atoms with van der Waals surface area (Å²) in [5.41, 5.74) is 1.16. The largest absolute Gasteiger partial charge is 0.468 e. The van der Waals surface area contributed by atoms with Gasteiger partial charge in [-0.25, -0.2) is 8.42 Å². The molecule has 7 heteroatoms. The molecule has 0 saturated carbocycles. The molecular formula is C12H21N3O3S. The zero-order valence-corrected chi connectivity index (χ0v) is 12.2. The Labute approximate surface area is 114 Å². The van der Waals surface area contributed by atoms with Gasteiger partial charge in [-0.3, -0.25) is 4.90 Å². The molecule has 1 aromatic rings. The van der Waals surface area contributed by atoms with Gasteiger partial charge in [0, 0.05) is 38.3 Å². The van der Waals surface area contributed by atoms with Crippen LogP contribution in [0.15, 0.2) is 16.7 Å². The second-order valence-corrected chi connectivity index (χ2v) is 6.82. The minimum atomic E-state index is -3.05. The molecule has 0 amide bonds. The molecule has 108 valence electrons. The molecule has 1 aliphatic rings. The van der Waals surface area contributed by atoms with Crippen LogP contribution < -0.4 is 5.32 Å². The van der Waals surface area contributed by atoms with Gasteiger partial charge in [-0.05, 0) is 13.1 Å². The molecule has 0 bridgehead atoms. The molecule has 0 spiro atoms. The Morgan fingerprint density at radius 1 is 1.32 bits per heavy atom. The Bertz CT molecular complexity index is 504. The van der Waals surface area contributed by atoms with Crippen molar-refractivity contribution in [2.75, 3.05) is 39.5 Å². The first-order chi connectivity index (χ1) is 9.00. The number of furan rings is 1. The average Bonchev–Trinajstić information content (AvgIpc) is 2.77. The first-order valence-electron chi connectivity index (χ1n) is 6.38. The van der Waals surface area contributed by atoms with Crippen molar-refractivity contribution in [3.63, 3.8) is 0 Å². The van der Waals surface area contributed by atoms with Crippen LogP contribution in [0.4, 0.5) is 0 Å². The van der Waals surface area contributed by atoms with Gasteiger partial charge < -0.3 is 9.73 Å². The molecule has 0 unspecified atom stereocenters. The lowest BCUT2D eigenvalue weighted by atomic mass is 10.2. The van der Waals surface area contributed by atoms with E-state index in [1.165, 1.54) is 10.6 Å².